The fourth-order valence-electron chi connectivity index (χ4n) is 4.54. The molecule has 3 aliphatic rings. The van der Waals surface area contributed by atoms with E-state index >= 15 is 0 Å². The van der Waals surface area contributed by atoms with Crippen LogP contribution in [-0.2, 0) is 43.1 Å². The number of aliphatic hydroxyl groups is 8. The Morgan fingerprint density at radius 1 is 0.800 bits per heavy atom. The van der Waals surface area contributed by atoms with Gasteiger partial charge in [-0.05, 0) is 6.92 Å². The molecule has 0 radical (unpaired) electrons. The molecule has 0 spiro atoms. The maximum Gasteiger partial charge on any atom is 0.397 e. The second-order valence-electron chi connectivity index (χ2n) is 9.58. The van der Waals surface area contributed by atoms with E-state index in [9.17, 15) is 54.1 Å². The third-order valence-corrected chi connectivity index (χ3v) is 7.09. The third-order valence-electron chi connectivity index (χ3n) is 6.66. The molecule has 3 aliphatic heterocycles. The predicted octanol–water partition coefficient (Wildman–Crippen LogP) is -6.57. The van der Waals surface area contributed by atoms with Crippen LogP contribution in [0.4, 0.5) is 0 Å². The number of carbonyl (C=O) groups is 1. The molecule has 0 aromatic rings. The van der Waals surface area contributed by atoms with Crippen molar-refractivity contribution in [2.24, 2.45) is 0 Å². The van der Waals surface area contributed by atoms with Gasteiger partial charge in [0.2, 0.25) is 5.91 Å². The Kier molecular flexibility index (Phi) is 11.2. The van der Waals surface area contributed by atoms with Crippen LogP contribution in [0.1, 0.15) is 13.8 Å². The lowest BCUT2D eigenvalue weighted by molar-refractivity contribution is -0.370. The Morgan fingerprint density at radius 3 is 1.90 bits per heavy atom. The highest BCUT2D eigenvalue weighted by Crippen LogP contribution is 2.33. The smallest absolute Gasteiger partial charge is 0.394 e. The van der Waals surface area contributed by atoms with Gasteiger partial charge in [0.05, 0.1) is 19.3 Å². The molecule has 234 valence electrons. The number of nitrogens with one attached hydrogen (secondary N) is 1. The summed E-state index contributed by atoms with van der Waals surface area (Å²) in [7, 11) is -5.08. The van der Waals surface area contributed by atoms with Crippen molar-refractivity contribution in [1.82, 2.24) is 5.32 Å². The molecular weight excluding hydrogens is 574 g/mol. The lowest BCUT2D eigenvalue weighted by Crippen LogP contribution is -2.69. The van der Waals surface area contributed by atoms with Crippen LogP contribution in [0.5, 0.6) is 0 Å². The van der Waals surface area contributed by atoms with Gasteiger partial charge in [-0.15, -0.1) is 0 Å². The van der Waals surface area contributed by atoms with E-state index in [1.807, 2.05) is 0 Å². The molecule has 3 fully saturated rings. The highest BCUT2D eigenvalue weighted by molar-refractivity contribution is 7.80. The van der Waals surface area contributed by atoms with E-state index in [-0.39, 0.29) is 0 Å². The first-order valence-corrected chi connectivity index (χ1v) is 13.5. The molecule has 0 aromatic heterocycles. The summed E-state index contributed by atoms with van der Waals surface area (Å²) >= 11 is 0. The monoisotopic (exact) mass is 609 g/mol. The van der Waals surface area contributed by atoms with E-state index < -0.39 is 122 Å². The van der Waals surface area contributed by atoms with E-state index in [0.717, 1.165) is 6.92 Å². The van der Waals surface area contributed by atoms with Crippen molar-refractivity contribution in [2.45, 2.75) is 106 Å². The molecule has 1 amide bonds. The molecular formula is C20H35NO18S. The Morgan fingerprint density at radius 2 is 1.35 bits per heavy atom. The minimum Gasteiger partial charge on any atom is -0.394 e. The minimum atomic E-state index is -5.08. The number of hydrogen-bond acceptors (Lipinski definition) is 17. The summed E-state index contributed by atoms with van der Waals surface area (Å²) in [6.07, 6.45) is -24.3. The van der Waals surface area contributed by atoms with Gasteiger partial charge in [-0.25, -0.2) is 4.18 Å². The van der Waals surface area contributed by atoms with Gasteiger partial charge < -0.3 is 69.9 Å². The van der Waals surface area contributed by atoms with Gasteiger partial charge in [0.1, 0.15) is 67.1 Å². The summed E-state index contributed by atoms with van der Waals surface area (Å²) in [5.74, 6) is -0.741. The molecule has 3 heterocycles. The van der Waals surface area contributed by atoms with Crippen molar-refractivity contribution >= 4 is 16.3 Å². The van der Waals surface area contributed by atoms with Crippen molar-refractivity contribution in [1.29, 1.82) is 0 Å². The maximum atomic E-state index is 11.9. The standard InChI is InChI=1S/C20H35NO18S/c1-5-10(24)12(26)14(28)19(35-5)39-17-9(21-6(2)23)18(30)36-8(4-34-40(31,32)33)16(17)38-20-15(29)13(27)11(25)7(3-22)37-20/h5,7-20,22,24-30H,3-4H2,1-2H3,(H,21,23)(H,31,32,33)/t5-,7+,8+,9+,10+,11-,12+,13-,14-,15+,16+,17+,18+,19-,20-/m0/s1. The lowest BCUT2D eigenvalue weighted by Gasteiger charge is -2.49. The van der Waals surface area contributed by atoms with Crippen LogP contribution in [0.25, 0.3) is 0 Å². The number of rotatable bonds is 9. The van der Waals surface area contributed by atoms with Gasteiger partial charge in [-0.1, -0.05) is 0 Å². The van der Waals surface area contributed by atoms with Gasteiger partial charge in [-0.3, -0.25) is 9.35 Å². The Hall–Kier alpha value is -1.18. The Balaban J connectivity index is 2.00. The van der Waals surface area contributed by atoms with Gasteiger partial charge >= 0.3 is 10.4 Å². The zero-order valence-electron chi connectivity index (χ0n) is 21.2. The van der Waals surface area contributed by atoms with Crippen molar-refractivity contribution in [2.75, 3.05) is 13.2 Å². The molecule has 20 heteroatoms. The predicted molar refractivity (Wildman–Crippen MR) is 122 cm³/mol. The molecule has 10 N–H and O–H groups in total. The molecule has 3 saturated heterocycles. The molecule has 0 aromatic carbocycles. The fourth-order valence-corrected chi connectivity index (χ4v) is 4.84. The highest BCUT2D eigenvalue weighted by atomic mass is 32.3. The molecule has 0 aliphatic carbocycles. The van der Waals surface area contributed by atoms with Gasteiger partial charge in [0.25, 0.3) is 0 Å². The SMILES string of the molecule is CC(=O)N[C@@H]1[C@@H](O[C@@H]2O[C@@H](C)[C@@H](O)[C@@H](O)[C@@H]2O)[C@H](O[C@@H]2O[C@H](CO)[C@H](O)[C@H](O)[C@H]2O)[C@@H](COS(=O)(=O)O)O[C@H]1O. The third kappa shape index (κ3) is 7.60. The van der Waals surface area contributed by atoms with Crippen molar-refractivity contribution in [3.8, 4) is 0 Å². The minimum absolute atomic E-state index is 0.741. The molecule has 40 heavy (non-hydrogen) atoms. The zero-order valence-corrected chi connectivity index (χ0v) is 22.0. The molecule has 15 atom stereocenters. The number of aliphatic hydroxyl groups excluding tert-OH is 8. The average Bonchev–Trinajstić information content (AvgIpc) is 2.87. The summed E-state index contributed by atoms with van der Waals surface area (Å²) in [5, 5.41) is 83.8. The molecule has 0 saturated carbocycles. The maximum absolute atomic E-state index is 11.9. The molecule has 0 bridgehead atoms. The average molecular weight is 610 g/mol. The topological polar surface area (TPSA) is 301 Å². The van der Waals surface area contributed by atoms with Crippen molar-refractivity contribution in [3.05, 3.63) is 0 Å². The van der Waals surface area contributed by atoms with Crippen LogP contribution in [0.3, 0.4) is 0 Å². The van der Waals surface area contributed by atoms with Crippen LogP contribution in [-0.4, -0.2) is 165 Å². The van der Waals surface area contributed by atoms with Gasteiger partial charge in [-0.2, -0.15) is 8.42 Å². The Labute approximate surface area is 227 Å². The van der Waals surface area contributed by atoms with Crippen molar-refractivity contribution in [3.63, 3.8) is 0 Å². The van der Waals surface area contributed by atoms with Crippen LogP contribution in [0.2, 0.25) is 0 Å². The summed E-state index contributed by atoms with van der Waals surface area (Å²) in [6, 6.07) is -1.58. The number of hydrogen-bond donors (Lipinski definition) is 10. The van der Waals surface area contributed by atoms with Crippen LogP contribution >= 0.6 is 0 Å². The molecule has 3 rings (SSSR count). The van der Waals surface area contributed by atoms with Crippen LogP contribution < -0.4 is 5.32 Å². The second kappa shape index (κ2) is 13.4. The summed E-state index contributed by atoms with van der Waals surface area (Å²) in [4.78, 5) is 11.9. The van der Waals surface area contributed by atoms with E-state index in [4.69, 9.17) is 28.2 Å². The first kappa shape index (κ1) is 33.3. The van der Waals surface area contributed by atoms with E-state index in [1.54, 1.807) is 0 Å². The van der Waals surface area contributed by atoms with E-state index in [1.165, 1.54) is 6.92 Å². The number of carbonyl (C=O) groups excluding carboxylic acids is 1. The first-order valence-electron chi connectivity index (χ1n) is 12.1. The van der Waals surface area contributed by atoms with Crippen molar-refractivity contribution < 1.29 is 86.5 Å². The number of ether oxygens (including phenoxy) is 5. The molecule has 0 unspecified atom stereocenters. The van der Waals surface area contributed by atoms with Crippen LogP contribution in [0, 0.1) is 0 Å². The Bertz CT molecular complexity index is 954. The van der Waals surface area contributed by atoms with Gasteiger partial charge in [0.15, 0.2) is 18.9 Å². The fraction of sp³-hybridized carbons (Fsp3) is 0.950. The lowest BCUT2D eigenvalue weighted by atomic mass is 9.94. The second-order valence-corrected chi connectivity index (χ2v) is 10.7. The van der Waals surface area contributed by atoms with Crippen LogP contribution in [0.15, 0.2) is 0 Å². The highest BCUT2D eigenvalue weighted by Gasteiger charge is 2.54. The summed E-state index contributed by atoms with van der Waals surface area (Å²) in [5.41, 5.74) is 0. The molecule has 19 nitrogen and oxygen atoms in total. The first-order chi connectivity index (χ1) is 18.5. The zero-order chi connectivity index (χ0) is 30.1. The normalized spacial score (nSPS) is 46.6. The number of amides is 1. The quantitative estimate of drug-likeness (QED) is 0.109. The van der Waals surface area contributed by atoms with E-state index in [2.05, 4.69) is 9.50 Å². The summed E-state index contributed by atoms with van der Waals surface area (Å²) in [6.45, 7) is 0.495. The van der Waals surface area contributed by atoms with Gasteiger partial charge in [0, 0.05) is 6.92 Å². The van der Waals surface area contributed by atoms with E-state index in [0.29, 0.717) is 0 Å². The summed E-state index contributed by atoms with van der Waals surface area (Å²) < 4.78 is 63.5. The largest absolute Gasteiger partial charge is 0.397 e.